The van der Waals surface area contributed by atoms with Crippen molar-refractivity contribution in [3.05, 3.63) is 120 Å². The molecule has 0 fully saturated rings. The van der Waals surface area contributed by atoms with Gasteiger partial charge >= 0.3 is 0 Å². The van der Waals surface area contributed by atoms with Crippen molar-refractivity contribution in [2.45, 2.75) is 134 Å². The van der Waals surface area contributed by atoms with Crippen molar-refractivity contribution in [2.24, 2.45) is 0 Å². The molecule has 6 heterocycles. The topological polar surface area (TPSA) is 125 Å². The van der Waals surface area contributed by atoms with Crippen molar-refractivity contribution in [1.82, 2.24) is 45.5 Å². The first-order valence-electron chi connectivity index (χ1n) is 18.2. The fourth-order valence-corrected chi connectivity index (χ4v) is 5.46. The first kappa shape index (κ1) is 49.6. The number of H-pyrrole nitrogens is 3. The molecule has 0 saturated carbocycles. The number of nitrogens with zero attached hydrogens (tertiary/aromatic N) is 6. The average Bonchev–Trinajstić information content (AvgIpc) is 3.87. The van der Waals surface area contributed by atoms with Gasteiger partial charge in [0, 0.05) is 51.2 Å². The molecule has 6 aromatic heterocycles. The largest absolute Gasteiger partial charge is 0.278 e. The molecular formula is C48H71N9. The third kappa shape index (κ3) is 13.1. The molecule has 0 amide bonds. The van der Waals surface area contributed by atoms with Gasteiger partial charge < -0.3 is 0 Å². The third-order valence-corrected chi connectivity index (χ3v) is 9.06. The van der Waals surface area contributed by atoms with Crippen LogP contribution in [0.4, 0.5) is 0 Å². The van der Waals surface area contributed by atoms with Crippen molar-refractivity contribution >= 4 is 43.6 Å². The van der Waals surface area contributed by atoms with Crippen molar-refractivity contribution in [1.29, 1.82) is 0 Å². The van der Waals surface area contributed by atoms with Crippen molar-refractivity contribution in [3.8, 4) is 0 Å². The molecule has 8 aromatic rings. The van der Waals surface area contributed by atoms with Crippen molar-refractivity contribution < 1.29 is 0 Å². The van der Waals surface area contributed by atoms with Crippen LogP contribution < -0.4 is 0 Å². The number of rotatable bonds is 0. The highest BCUT2D eigenvalue weighted by Crippen LogP contribution is 2.27. The molecule has 57 heavy (non-hydrogen) atoms. The fourth-order valence-electron chi connectivity index (χ4n) is 5.46. The van der Waals surface area contributed by atoms with Crippen molar-refractivity contribution in [2.75, 3.05) is 0 Å². The summed E-state index contributed by atoms with van der Waals surface area (Å²) in [5.41, 5.74) is 8.70. The van der Waals surface area contributed by atoms with Crippen LogP contribution in [-0.2, 0) is 21.7 Å². The van der Waals surface area contributed by atoms with Crippen LogP contribution in [0, 0.1) is 0 Å². The lowest BCUT2D eigenvalue weighted by Gasteiger charge is -2.19. The normalized spacial score (nSPS) is 11.3. The van der Waals surface area contributed by atoms with Gasteiger partial charge in [0.2, 0.25) is 0 Å². The van der Waals surface area contributed by atoms with E-state index in [1.807, 2.05) is 37.2 Å². The second kappa shape index (κ2) is 19.6. The predicted molar refractivity (Wildman–Crippen MR) is 247 cm³/mol. The van der Waals surface area contributed by atoms with Crippen LogP contribution in [0.25, 0.3) is 43.6 Å². The van der Waals surface area contributed by atoms with Crippen LogP contribution in [0.5, 0.6) is 0 Å². The first-order valence-corrected chi connectivity index (χ1v) is 18.2. The minimum Gasteiger partial charge on any atom is -0.278 e. The highest BCUT2D eigenvalue weighted by molar-refractivity contribution is 5.82. The Morgan fingerprint density at radius 1 is 0.386 bits per heavy atom. The summed E-state index contributed by atoms with van der Waals surface area (Å²) < 4.78 is 0. The lowest BCUT2D eigenvalue weighted by molar-refractivity contribution is 0.570. The third-order valence-electron chi connectivity index (χ3n) is 9.06. The number of benzene rings is 2. The van der Waals surface area contributed by atoms with E-state index >= 15 is 0 Å². The minimum absolute atomic E-state index is 0. The molecule has 0 aliphatic carbocycles. The molecule has 0 atom stereocenters. The van der Waals surface area contributed by atoms with Gasteiger partial charge in [-0.2, -0.15) is 15.3 Å². The Labute approximate surface area is 343 Å². The summed E-state index contributed by atoms with van der Waals surface area (Å²) in [7, 11) is 0. The first-order chi connectivity index (χ1) is 24.8. The van der Waals surface area contributed by atoms with E-state index in [-0.39, 0.29) is 51.4 Å². The number of hydrogen-bond acceptors (Lipinski definition) is 6. The van der Waals surface area contributed by atoms with Crippen LogP contribution >= 0.6 is 0 Å². The van der Waals surface area contributed by atoms with E-state index in [4.69, 9.17) is 0 Å². The molecule has 0 aliphatic rings. The Kier molecular flexibility index (Phi) is 17.1. The van der Waals surface area contributed by atoms with Gasteiger partial charge in [-0.05, 0) is 68.7 Å². The molecule has 0 unspecified atom stereocenters. The molecule has 9 heteroatoms. The van der Waals surface area contributed by atoms with Gasteiger partial charge in [-0.1, -0.05) is 137 Å². The number of pyridine rings is 3. The number of nitrogens with one attached hydrogen (secondary N) is 3. The van der Waals surface area contributed by atoms with Gasteiger partial charge in [0.25, 0.3) is 0 Å². The molecule has 2 aromatic carbocycles. The van der Waals surface area contributed by atoms with Crippen LogP contribution in [-0.4, -0.2) is 45.5 Å². The lowest BCUT2D eigenvalue weighted by atomic mass is 9.86. The summed E-state index contributed by atoms with van der Waals surface area (Å²) in [6.07, 6.45) is 13.0. The van der Waals surface area contributed by atoms with Gasteiger partial charge in [-0.15, -0.1) is 0 Å². The molecule has 0 spiro atoms. The fraction of sp³-hybridized carbons (Fsp3) is 0.417. The van der Waals surface area contributed by atoms with E-state index in [0.717, 1.165) is 33.1 Å². The number of aromatic amines is 3. The second-order valence-electron chi connectivity index (χ2n) is 17.7. The highest BCUT2D eigenvalue weighted by atomic mass is 15.1. The molecular weight excluding hydrogens is 703 g/mol. The molecule has 0 aliphatic heterocycles. The molecule has 3 N–H and O–H groups in total. The summed E-state index contributed by atoms with van der Waals surface area (Å²) in [6.45, 7) is 26.3. The highest BCUT2D eigenvalue weighted by Gasteiger charge is 2.17. The van der Waals surface area contributed by atoms with Gasteiger partial charge in [0.15, 0.2) is 5.65 Å². The summed E-state index contributed by atoms with van der Waals surface area (Å²) in [4.78, 5) is 12.8. The monoisotopic (exact) mass is 774 g/mol. The number of hydrogen-bond donors (Lipinski definition) is 3. The summed E-state index contributed by atoms with van der Waals surface area (Å²) >= 11 is 0. The van der Waals surface area contributed by atoms with Crippen LogP contribution in [0.2, 0.25) is 0 Å². The van der Waals surface area contributed by atoms with Crippen molar-refractivity contribution in [3.63, 3.8) is 0 Å². The van der Waals surface area contributed by atoms with Gasteiger partial charge in [0.1, 0.15) is 0 Å². The summed E-state index contributed by atoms with van der Waals surface area (Å²) in [6, 6.07) is 19.3. The zero-order chi connectivity index (χ0) is 38.6. The summed E-state index contributed by atoms with van der Waals surface area (Å²) in [5, 5.41) is 26.4. The van der Waals surface area contributed by atoms with E-state index in [0.29, 0.717) is 0 Å². The Bertz CT molecular complexity index is 2200. The van der Waals surface area contributed by atoms with Gasteiger partial charge in [0.05, 0.1) is 35.8 Å². The Morgan fingerprint density at radius 2 is 0.895 bits per heavy atom. The zero-order valence-corrected chi connectivity index (χ0v) is 33.4. The predicted octanol–water partition coefficient (Wildman–Crippen LogP) is 13.4. The average molecular weight is 774 g/mol. The van der Waals surface area contributed by atoms with E-state index in [1.165, 1.54) is 32.8 Å². The Morgan fingerprint density at radius 3 is 1.49 bits per heavy atom. The van der Waals surface area contributed by atoms with E-state index in [2.05, 4.69) is 183 Å². The maximum absolute atomic E-state index is 4.38. The van der Waals surface area contributed by atoms with Gasteiger partial charge in [-0.3, -0.25) is 25.3 Å². The van der Waals surface area contributed by atoms with E-state index < -0.39 is 0 Å². The lowest BCUT2D eigenvalue weighted by Crippen LogP contribution is -2.12. The smallest absolute Gasteiger partial charge is 0.155 e. The van der Waals surface area contributed by atoms with Gasteiger partial charge in [-0.25, -0.2) is 4.98 Å². The SMILES string of the molecule is C.C.C.C.CC(C)(C)c1cc2cn[nH]c2cn1.CC(C)(C)c1ccc2[nH]ncc2c1.CC(C)(C)c1ccc2cnccc2c1.CC(C)(C)c1cnc2[nH]ncc2c1. The quantitative estimate of drug-likeness (QED) is 0.141. The second-order valence-corrected chi connectivity index (χ2v) is 17.7. The maximum Gasteiger partial charge on any atom is 0.155 e. The van der Waals surface area contributed by atoms with E-state index in [1.54, 1.807) is 6.20 Å². The van der Waals surface area contributed by atoms with Crippen LogP contribution in [0.1, 0.15) is 135 Å². The molecule has 0 radical (unpaired) electrons. The molecule has 8 rings (SSSR count). The molecule has 308 valence electrons. The zero-order valence-electron chi connectivity index (χ0n) is 33.4. The minimum atomic E-state index is 0. The van der Waals surface area contributed by atoms with Crippen LogP contribution in [0.3, 0.4) is 0 Å². The Hall–Kier alpha value is -5.44. The maximum atomic E-state index is 4.38. The summed E-state index contributed by atoms with van der Waals surface area (Å²) in [5.74, 6) is 0. The Balaban J connectivity index is 0.000000371. The molecule has 0 bridgehead atoms. The standard InChI is InChI=1S/C13H15N.C11H14N2.2C10H13N3.4CH4/c1-13(2,3)12-5-4-11-9-14-7-6-10(11)8-12;1-11(2,3)9-4-5-10-8(6-9)7-12-13-10;1-10(2,3)9-4-7-5-12-13-8(7)6-11-9;1-10(2,3)8-4-7-5-12-13-9(7)11-6-8;;;;/h4-9H,1-3H3;4-7H,1-3H3,(H,12,13);4-6H,1-3H3,(H,12,13);4-6H,1-3H3,(H,11,12,13);4*1H4. The number of fused-ring (bicyclic) bond motifs is 4. The molecule has 0 saturated heterocycles. The van der Waals surface area contributed by atoms with E-state index in [9.17, 15) is 0 Å². The molecule has 9 nitrogen and oxygen atoms in total. The number of aromatic nitrogens is 9. The van der Waals surface area contributed by atoms with Crippen LogP contribution in [0.15, 0.2) is 98.0 Å².